The van der Waals surface area contributed by atoms with Crippen molar-refractivity contribution in [1.82, 2.24) is 4.90 Å². The van der Waals surface area contributed by atoms with Crippen LogP contribution in [0.25, 0.3) is 0 Å². The average molecular weight is 199 g/mol. The molecule has 1 aliphatic rings. The van der Waals surface area contributed by atoms with E-state index >= 15 is 0 Å². The topological polar surface area (TPSA) is 40.5 Å². The molecule has 0 radical (unpaired) electrons. The number of nitrogens with zero attached hydrogens (tertiary/aromatic N) is 1. The highest BCUT2D eigenvalue weighted by Crippen LogP contribution is 2.29. The number of likely N-dealkylation sites (tertiary alicyclic amines) is 1. The van der Waals surface area contributed by atoms with Gasteiger partial charge in [0, 0.05) is 6.54 Å². The number of piperidine rings is 1. The maximum atomic E-state index is 11.1. The van der Waals surface area contributed by atoms with Crippen LogP contribution in [0.5, 0.6) is 0 Å². The summed E-state index contributed by atoms with van der Waals surface area (Å²) >= 11 is 0. The molecule has 3 nitrogen and oxygen atoms in total. The van der Waals surface area contributed by atoms with E-state index in [4.69, 9.17) is 5.11 Å². The number of carboxylic acids is 1. The molecule has 0 aromatic heterocycles. The lowest BCUT2D eigenvalue weighted by molar-refractivity contribution is -0.151. The van der Waals surface area contributed by atoms with Crippen LogP contribution in [-0.2, 0) is 4.79 Å². The second-order valence-corrected chi connectivity index (χ2v) is 4.60. The molecule has 1 unspecified atom stereocenters. The Bertz CT molecular complexity index is 205. The predicted octanol–water partition coefficient (Wildman–Crippen LogP) is 1.97. The Morgan fingerprint density at radius 2 is 2.29 bits per heavy atom. The zero-order chi connectivity index (χ0) is 10.6. The minimum atomic E-state index is -0.640. The third kappa shape index (κ3) is 2.71. The number of hydrogen-bond acceptors (Lipinski definition) is 2. The maximum absolute atomic E-state index is 11.1. The van der Waals surface area contributed by atoms with Gasteiger partial charge in [0.1, 0.15) is 0 Å². The molecule has 0 aromatic rings. The second-order valence-electron chi connectivity index (χ2n) is 4.60. The van der Waals surface area contributed by atoms with Crippen LogP contribution in [0, 0.1) is 5.41 Å². The van der Waals surface area contributed by atoms with Crippen LogP contribution in [-0.4, -0.2) is 35.6 Å². The lowest BCUT2D eigenvalue weighted by Gasteiger charge is -2.37. The molecule has 0 spiro atoms. The van der Waals surface area contributed by atoms with Crippen LogP contribution in [0.1, 0.15) is 39.5 Å². The maximum Gasteiger partial charge on any atom is 0.310 e. The molecule has 1 atom stereocenters. The van der Waals surface area contributed by atoms with Gasteiger partial charge in [-0.05, 0) is 39.3 Å². The van der Waals surface area contributed by atoms with Gasteiger partial charge in [-0.1, -0.05) is 13.3 Å². The Morgan fingerprint density at radius 3 is 2.86 bits per heavy atom. The minimum absolute atomic E-state index is 0.508. The lowest BCUT2D eigenvalue weighted by Crippen LogP contribution is -2.46. The fourth-order valence-electron chi connectivity index (χ4n) is 2.09. The van der Waals surface area contributed by atoms with Gasteiger partial charge in [-0.25, -0.2) is 0 Å². The van der Waals surface area contributed by atoms with Gasteiger partial charge in [-0.2, -0.15) is 0 Å². The molecule has 0 aliphatic carbocycles. The monoisotopic (exact) mass is 199 g/mol. The van der Waals surface area contributed by atoms with Gasteiger partial charge in [-0.15, -0.1) is 0 Å². The van der Waals surface area contributed by atoms with Crippen LogP contribution in [0.3, 0.4) is 0 Å². The number of carboxylic acid groups (broad SMARTS) is 1. The smallest absolute Gasteiger partial charge is 0.310 e. The summed E-state index contributed by atoms with van der Waals surface area (Å²) in [5.41, 5.74) is -0.508. The molecule has 1 fully saturated rings. The number of aliphatic carboxylic acids is 1. The first kappa shape index (κ1) is 11.5. The molecular weight excluding hydrogens is 178 g/mol. The van der Waals surface area contributed by atoms with Crippen molar-refractivity contribution >= 4 is 5.97 Å². The summed E-state index contributed by atoms with van der Waals surface area (Å²) in [7, 11) is 0. The first-order chi connectivity index (χ1) is 6.58. The molecule has 14 heavy (non-hydrogen) atoms. The van der Waals surface area contributed by atoms with E-state index in [1.54, 1.807) is 0 Å². The summed E-state index contributed by atoms with van der Waals surface area (Å²) < 4.78 is 0. The van der Waals surface area contributed by atoms with E-state index in [0.717, 1.165) is 32.5 Å². The normalized spacial score (nSPS) is 29.0. The van der Waals surface area contributed by atoms with Crippen molar-refractivity contribution in [3.63, 3.8) is 0 Å². The van der Waals surface area contributed by atoms with E-state index in [9.17, 15) is 4.79 Å². The van der Waals surface area contributed by atoms with Crippen LogP contribution in [0.2, 0.25) is 0 Å². The summed E-state index contributed by atoms with van der Waals surface area (Å²) in [5, 5.41) is 9.11. The van der Waals surface area contributed by atoms with Gasteiger partial charge >= 0.3 is 5.97 Å². The summed E-state index contributed by atoms with van der Waals surface area (Å²) in [6.07, 6.45) is 4.20. The summed E-state index contributed by atoms with van der Waals surface area (Å²) in [6.45, 7) is 6.89. The van der Waals surface area contributed by atoms with Crippen LogP contribution < -0.4 is 0 Å². The molecule has 1 saturated heterocycles. The molecule has 82 valence electrons. The SMILES string of the molecule is CCCCN1CCCC(C)(C(=O)O)C1. The lowest BCUT2D eigenvalue weighted by atomic mass is 9.82. The predicted molar refractivity (Wildman–Crippen MR) is 56.3 cm³/mol. The number of hydrogen-bond donors (Lipinski definition) is 1. The Hall–Kier alpha value is -0.570. The van der Waals surface area contributed by atoms with E-state index < -0.39 is 11.4 Å². The van der Waals surface area contributed by atoms with Crippen molar-refractivity contribution in [3.05, 3.63) is 0 Å². The number of rotatable bonds is 4. The van der Waals surface area contributed by atoms with E-state index in [1.807, 2.05) is 6.92 Å². The molecule has 3 heteroatoms. The molecule has 0 aromatic carbocycles. The Labute approximate surface area is 86.1 Å². The minimum Gasteiger partial charge on any atom is -0.481 e. The first-order valence-corrected chi connectivity index (χ1v) is 5.54. The quantitative estimate of drug-likeness (QED) is 0.752. The van der Waals surface area contributed by atoms with Gasteiger partial charge in [-0.3, -0.25) is 4.79 Å². The van der Waals surface area contributed by atoms with Gasteiger partial charge in [0.25, 0.3) is 0 Å². The highest BCUT2D eigenvalue weighted by Gasteiger charge is 2.37. The van der Waals surface area contributed by atoms with E-state index in [1.165, 1.54) is 12.8 Å². The van der Waals surface area contributed by atoms with Crippen LogP contribution in [0.4, 0.5) is 0 Å². The summed E-state index contributed by atoms with van der Waals surface area (Å²) in [5.74, 6) is -0.640. The van der Waals surface area contributed by atoms with Gasteiger partial charge in [0.05, 0.1) is 5.41 Å². The summed E-state index contributed by atoms with van der Waals surface area (Å²) in [6, 6.07) is 0. The standard InChI is InChI=1S/C11H21NO2/c1-3-4-7-12-8-5-6-11(2,9-12)10(13)14/h3-9H2,1-2H3,(H,13,14). The first-order valence-electron chi connectivity index (χ1n) is 5.54. The highest BCUT2D eigenvalue weighted by atomic mass is 16.4. The van der Waals surface area contributed by atoms with Crippen LogP contribution in [0.15, 0.2) is 0 Å². The zero-order valence-corrected chi connectivity index (χ0v) is 9.25. The Kier molecular flexibility index (Phi) is 3.93. The fraction of sp³-hybridized carbons (Fsp3) is 0.909. The molecule has 1 N–H and O–H groups in total. The number of carbonyl (C=O) groups is 1. The van der Waals surface area contributed by atoms with Crippen molar-refractivity contribution in [2.24, 2.45) is 5.41 Å². The molecule has 1 aliphatic heterocycles. The molecule has 0 bridgehead atoms. The number of unbranched alkanes of at least 4 members (excludes halogenated alkanes) is 1. The van der Waals surface area contributed by atoms with Crippen molar-refractivity contribution < 1.29 is 9.90 Å². The van der Waals surface area contributed by atoms with Crippen molar-refractivity contribution in [1.29, 1.82) is 0 Å². The molecule has 1 heterocycles. The van der Waals surface area contributed by atoms with Gasteiger partial charge in [0.2, 0.25) is 0 Å². The molecule has 0 saturated carbocycles. The van der Waals surface area contributed by atoms with E-state index in [2.05, 4.69) is 11.8 Å². The van der Waals surface area contributed by atoms with Crippen molar-refractivity contribution in [2.75, 3.05) is 19.6 Å². The van der Waals surface area contributed by atoms with Crippen LogP contribution >= 0.6 is 0 Å². The highest BCUT2D eigenvalue weighted by molar-refractivity contribution is 5.74. The third-order valence-corrected chi connectivity index (χ3v) is 3.12. The fourth-order valence-corrected chi connectivity index (χ4v) is 2.09. The van der Waals surface area contributed by atoms with E-state index in [0.29, 0.717) is 0 Å². The Morgan fingerprint density at radius 1 is 1.57 bits per heavy atom. The average Bonchev–Trinajstić information content (AvgIpc) is 2.15. The third-order valence-electron chi connectivity index (χ3n) is 3.12. The van der Waals surface area contributed by atoms with Gasteiger partial charge in [0.15, 0.2) is 0 Å². The van der Waals surface area contributed by atoms with E-state index in [-0.39, 0.29) is 0 Å². The molecule has 1 rings (SSSR count). The zero-order valence-electron chi connectivity index (χ0n) is 9.25. The summed E-state index contributed by atoms with van der Waals surface area (Å²) in [4.78, 5) is 13.4. The Balaban J connectivity index is 2.46. The van der Waals surface area contributed by atoms with Crippen molar-refractivity contribution in [2.45, 2.75) is 39.5 Å². The molecule has 0 amide bonds. The molecular formula is C11H21NO2. The largest absolute Gasteiger partial charge is 0.481 e. The van der Waals surface area contributed by atoms with Gasteiger partial charge < -0.3 is 10.0 Å². The second kappa shape index (κ2) is 4.78. The van der Waals surface area contributed by atoms with Crippen molar-refractivity contribution in [3.8, 4) is 0 Å².